The number of carbonyl (C=O) groups is 3. The molecule has 0 saturated heterocycles. The second-order valence-corrected chi connectivity index (χ2v) is 9.66. The Kier molecular flexibility index (Phi) is 7.18. The molecule has 4 rings (SSSR count). The van der Waals surface area contributed by atoms with Gasteiger partial charge in [0.2, 0.25) is 5.78 Å². The van der Waals surface area contributed by atoms with Crippen LogP contribution in [0.3, 0.4) is 0 Å². The Bertz CT molecular complexity index is 1340. The first kappa shape index (κ1) is 26.5. The highest BCUT2D eigenvalue weighted by molar-refractivity contribution is 6.30. The molecule has 3 atom stereocenters. The van der Waals surface area contributed by atoms with Gasteiger partial charge in [-0.3, -0.25) is 14.4 Å². The van der Waals surface area contributed by atoms with Gasteiger partial charge in [-0.25, -0.2) is 0 Å². The minimum Gasteiger partial charge on any atom is -0.511 e. The van der Waals surface area contributed by atoms with Gasteiger partial charge in [-0.2, -0.15) is 0 Å². The third-order valence-corrected chi connectivity index (χ3v) is 7.45. The molecule has 10 nitrogen and oxygen atoms in total. The molecule has 0 spiro atoms. The summed E-state index contributed by atoms with van der Waals surface area (Å²) in [6.07, 6.45) is 3.02. The number of amides is 1. The molecular weight excluding hydrogens is 504 g/mol. The van der Waals surface area contributed by atoms with Crippen molar-refractivity contribution in [2.24, 2.45) is 22.7 Å². The number of benzene rings is 1. The zero-order valence-corrected chi connectivity index (χ0v) is 20.6. The van der Waals surface area contributed by atoms with E-state index in [9.17, 15) is 34.6 Å². The molecule has 1 aromatic carbocycles. The fourth-order valence-electron chi connectivity index (χ4n) is 5.65. The summed E-state index contributed by atoms with van der Waals surface area (Å²) in [7, 11) is 1.49. The molecule has 1 fully saturated rings. The predicted octanol–water partition coefficient (Wildman–Crippen LogP) is 2.67. The van der Waals surface area contributed by atoms with Crippen molar-refractivity contribution in [2.45, 2.75) is 31.3 Å². The largest absolute Gasteiger partial charge is 0.511 e. The summed E-state index contributed by atoms with van der Waals surface area (Å²) in [5, 5.41) is 34.5. The van der Waals surface area contributed by atoms with E-state index in [1.165, 1.54) is 13.2 Å². The third-order valence-electron chi connectivity index (χ3n) is 7.21. The molecule has 11 heteroatoms. The Morgan fingerprint density at radius 3 is 2.68 bits per heavy atom. The fourth-order valence-corrected chi connectivity index (χ4v) is 5.82. The molecule has 0 radical (unpaired) electrons. The lowest BCUT2D eigenvalue weighted by Crippen LogP contribution is -2.56. The molecule has 5 N–H and O–H groups in total. The molecule has 0 aromatic heterocycles. The number of allylic oxidation sites excluding steroid dienone is 5. The van der Waals surface area contributed by atoms with Gasteiger partial charge in [-0.05, 0) is 47.7 Å². The summed E-state index contributed by atoms with van der Waals surface area (Å²) >= 11 is 6.23. The SMILES string of the molecule is COc1ccc(Cl)cc1C(/C=C\CO)=C1/CC(=O)C2=C(N=O)[C@]3(O)C(=O)C(C(N)=O)=C(O)C[C@@H]3C[C@@H]2C1. The number of nitrogens with two attached hydrogens (primary N) is 1. The average molecular weight is 529 g/mol. The first-order valence-electron chi connectivity index (χ1n) is 11.5. The smallest absolute Gasteiger partial charge is 0.255 e. The van der Waals surface area contributed by atoms with Crippen molar-refractivity contribution in [3.05, 3.63) is 74.0 Å². The lowest BCUT2D eigenvalue weighted by atomic mass is 9.59. The van der Waals surface area contributed by atoms with Crippen molar-refractivity contribution in [3.63, 3.8) is 0 Å². The number of primary amides is 1. The second kappa shape index (κ2) is 10.0. The number of carbonyl (C=O) groups excluding carboxylic acids is 3. The Morgan fingerprint density at radius 1 is 1.32 bits per heavy atom. The van der Waals surface area contributed by atoms with Crippen LogP contribution < -0.4 is 10.5 Å². The van der Waals surface area contributed by atoms with Gasteiger partial charge in [0.15, 0.2) is 11.4 Å². The van der Waals surface area contributed by atoms with Gasteiger partial charge in [0.1, 0.15) is 22.8 Å². The van der Waals surface area contributed by atoms with E-state index in [1.807, 2.05) is 0 Å². The van der Waals surface area contributed by atoms with E-state index >= 15 is 0 Å². The number of hydrogen-bond acceptors (Lipinski definition) is 9. The highest BCUT2D eigenvalue weighted by atomic mass is 35.5. The van der Waals surface area contributed by atoms with Crippen LogP contribution in [-0.2, 0) is 14.4 Å². The molecule has 1 amide bonds. The van der Waals surface area contributed by atoms with E-state index in [-0.39, 0.29) is 37.9 Å². The summed E-state index contributed by atoms with van der Waals surface area (Å²) in [5.41, 5.74) is 3.03. The minimum absolute atomic E-state index is 0.0611. The van der Waals surface area contributed by atoms with Gasteiger partial charge in [0.05, 0.1) is 13.7 Å². The van der Waals surface area contributed by atoms with Gasteiger partial charge in [0.25, 0.3) is 5.91 Å². The molecule has 1 saturated carbocycles. The van der Waals surface area contributed by atoms with Crippen LogP contribution in [0.25, 0.3) is 5.57 Å². The van der Waals surface area contributed by atoms with E-state index in [4.69, 9.17) is 22.1 Å². The van der Waals surface area contributed by atoms with Gasteiger partial charge in [-0.15, -0.1) is 4.91 Å². The summed E-state index contributed by atoms with van der Waals surface area (Å²) < 4.78 is 5.48. The predicted molar refractivity (Wildman–Crippen MR) is 133 cm³/mol. The van der Waals surface area contributed by atoms with Crippen molar-refractivity contribution >= 4 is 34.6 Å². The normalized spacial score (nSPS) is 27.2. The number of aliphatic hydroxyl groups excluding tert-OH is 2. The molecule has 194 valence electrons. The topological polar surface area (TPSA) is 177 Å². The number of rotatable bonds is 6. The Morgan fingerprint density at radius 2 is 2.05 bits per heavy atom. The summed E-state index contributed by atoms with van der Waals surface area (Å²) in [6.45, 7) is -0.258. The zero-order chi connectivity index (χ0) is 27.1. The molecule has 0 unspecified atom stereocenters. The third kappa shape index (κ3) is 4.30. The number of ether oxygens (including phenoxy) is 1. The van der Waals surface area contributed by atoms with Crippen molar-refractivity contribution in [3.8, 4) is 5.75 Å². The number of methoxy groups -OCH3 is 1. The number of halogens is 1. The molecule has 0 heterocycles. The highest BCUT2D eigenvalue weighted by Gasteiger charge is 2.59. The number of aliphatic hydroxyl groups is 3. The minimum atomic E-state index is -2.54. The zero-order valence-electron chi connectivity index (χ0n) is 19.9. The maximum Gasteiger partial charge on any atom is 0.255 e. The average Bonchev–Trinajstić information content (AvgIpc) is 2.84. The van der Waals surface area contributed by atoms with E-state index in [0.717, 1.165) is 0 Å². The first-order chi connectivity index (χ1) is 17.6. The van der Waals surface area contributed by atoms with Gasteiger partial charge < -0.3 is 25.8 Å². The summed E-state index contributed by atoms with van der Waals surface area (Å²) in [4.78, 5) is 50.3. The van der Waals surface area contributed by atoms with Crippen LogP contribution in [0.2, 0.25) is 5.02 Å². The number of nitrogens with zero attached hydrogens (tertiary/aromatic N) is 1. The second-order valence-electron chi connectivity index (χ2n) is 9.22. The van der Waals surface area contributed by atoms with Gasteiger partial charge >= 0.3 is 0 Å². The van der Waals surface area contributed by atoms with Gasteiger partial charge in [-0.1, -0.05) is 29.3 Å². The lowest BCUT2D eigenvalue weighted by molar-refractivity contribution is -0.140. The fraction of sp³-hybridized carbons (Fsp3) is 0.346. The number of fused-ring (bicyclic) bond motifs is 2. The van der Waals surface area contributed by atoms with Crippen LogP contribution in [0.1, 0.15) is 31.2 Å². The molecular formula is C26H25ClN2O8. The number of nitroso groups, excluding NO2 is 1. The summed E-state index contributed by atoms with van der Waals surface area (Å²) in [5.74, 6) is -4.70. The van der Waals surface area contributed by atoms with Crippen LogP contribution in [0.15, 0.2) is 63.7 Å². The lowest BCUT2D eigenvalue weighted by Gasteiger charge is -2.45. The molecule has 0 bridgehead atoms. The van der Waals surface area contributed by atoms with Crippen molar-refractivity contribution in [2.75, 3.05) is 13.7 Å². The molecule has 37 heavy (non-hydrogen) atoms. The number of hydrogen-bond donors (Lipinski definition) is 4. The van der Waals surface area contributed by atoms with Crippen LogP contribution >= 0.6 is 11.6 Å². The quantitative estimate of drug-likeness (QED) is 0.321. The number of Topliss-reactive ketones (excluding diaryl/α,β-unsaturated/α-hetero) is 2. The standard InChI is InChI=1S/C26H25ClN2O8/c1-37-20-5-4-15(27)11-17(20)16(3-2-6-30)12-7-13-8-14-10-19(32)22(25(28)34)24(33)26(14,35)23(29-36)21(13)18(31)9-12/h2-5,11,13-14,30,32,35H,6-10H2,1H3,(H2,28,34)/b3-2-,16-12+/t13-,14-,26-/m0/s1. The van der Waals surface area contributed by atoms with Gasteiger partial charge in [0, 0.05) is 34.9 Å². The molecule has 3 aliphatic rings. The van der Waals surface area contributed by atoms with Crippen molar-refractivity contribution in [1.82, 2.24) is 0 Å². The molecule has 0 aliphatic heterocycles. The van der Waals surface area contributed by atoms with E-state index < -0.39 is 51.9 Å². The van der Waals surface area contributed by atoms with Crippen molar-refractivity contribution < 1.29 is 34.4 Å². The van der Waals surface area contributed by atoms with Crippen LogP contribution in [0.4, 0.5) is 0 Å². The van der Waals surface area contributed by atoms with Crippen LogP contribution in [0.5, 0.6) is 5.75 Å². The molecule has 3 aliphatic carbocycles. The molecule has 1 aromatic rings. The Balaban J connectivity index is 1.87. The first-order valence-corrected chi connectivity index (χ1v) is 11.9. The Labute approximate surface area is 216 Å². The highest BCUT2D eigenvalue weighted by Crippen LogP contribution is 2.53. The number of ketones is 2. The van der Waals surface area contributed by atoms with E-state index in [2.05, 4.69) is 5.18 Å². The van der Waals surface area contributed by atoms with E-state index in [1.54, 1.807) is 24.3 Å². The Hall–Kier alpha value is -3.60. The van der Waals surface area contributed by atoms with Crippen LogP contribution in [-0.4, -0.2) is 52.1 Å². The monoisotopic (exact) mass is 528 g/mol. The van der Waals surface area contributed by atoms with E-state index in [0.29, 0.717) is 27.5 Å². The maximum absolute atomic E-state index is 13.4. The maximum atomic E-state index is 13.4. The summed E-state index contributed by atoms with van der Waals surface area (Å²) in [6, 6.07) is 5.00. The van der Waals surface area contributed by atoms with Crippen molar-refractivity contribution in [1.29, 1.82) is 0 Å². The van der Waals surface area contributed by atoms with Crippen LogP contribution in [0, 0.1) is 16.7 Å².